The Morgan fingerprint density at radius 2 is 1.16 bits per heavy atom. The first kappa shape index (κ1) is 25.0. The minimum Gasteiger partial charge on any atom is -0.308 e. The Bertz CT molecular complexity index is 2770. The van der Waals surface area contributed by atoms with Gasteiger partial charge in [0.25, 0.3) is 0 Å². The largest absolute Gasteiger partial charge is 0.308 e. The number of nitrogens with zero attached hydrogens (tertiary/aromatic N) is 3. The highest BCUT2D eigenvalue weighted by molar-refractivity contribution is 7.26. The summed E-state index contributed by atoms with van der Waals surface area (Å²) in [6, 6.07) is 49.9. The van der Waals surface area contributed by atoms with E-state index in [0.29, 0.717) is 0 Å². The first-order valence-corrected chi connectivity index (χ1v) is 16.6. The molecule has 10 aromatic rings. The molecule has 4 heterocycles. The van der Waals surface area contributed by atoms with Crippen LogP contribution < -0.4 is 0 Å². The standard InChI is InChI=1S/C40H23N3S2/c1-2-12-24(13-3-1)38-37-28-17-7-11-21-35(28)45-40(37)42-39(41-38)27-16-5-9-19-32(27)43-31-18-8-4-14-25(31)29-22-30-26-15-6-10-20-34(26)44-36(30)23-33(29)43/h1-23H. The lowest BCUT2D eigenvalue weighted by Gasteiger charge is -2.14. The van der Waals surface area contributed by atoms with Gasteiger partial charge in [-0.1, -0.05) is 97.1 Å². The fourth-order valence-electron chi connectivity index (χ4n) is 6.85. The van der Waals surface area contributed by atoms with E-state index in [9.17, 15) is 0 Å². The minimum atomic E-state index is 0.734. The number of para-hydroxylation sites is 2. The zero-order chi connectivity index (χ0) is 29.5. The summed E-state index contributed by atoms with van der Waals surface area (Å²) < 4.78 is 6.23. The Balaban J connectivity index is 1.29. The molecule has 10 rings (SSSR count). The van der Waals surface area contributed by atoms with E-state index in [-0.39, 0.29) is 0 Å². The normalized spacial score (nSPS) is 12.0. The lowest BCUT2D eigenvalue weighted by molar-refractivity contribution is 1.16. The molecule has 0 fully saturated rings. The van der Waals surface area contributed by atoms with Crippen LogP contribution in [-0.4, -0.2) is 14.5 Å². The fraction of sp³-hybridized carbons (Fsp3) is 0. The average Bonchev–Trinajstić information content (AvgIpc) is 3.76. The van der Waals surface area contributed by atoms with Crippen molar-refractivity contribution in [3.63, 3.8) is 0 Å². The van der Waals surface area contributed by atoms with Gasteiger partial charge in [-0.2, -0.15) is 0 Å². The predicted octanol–water partition coefficient (Wildman–Crippen LogP) is 11.6. The first-order chi connectivity index (χ1) is 22.3. The zero-order valence-corrected chi connectivity index (χ0v) is 25.6. The highest BCUT2D eigenvalue weighted by Gasteiger charge is 2.21. The number of aromatic nitrogens is 3. The van der Waals surface area contributed by atoms with Gasteiger partial charge in [-0.05, 0) is 42.5 Å². The molecule has 0 radical (unpaired) electrons. The van der Waals surface area contributed by atoms with E-state index in [4.69, 9.17) is 9.97 Å². The Kier molecular flexibility index (Phi) is 5.32. The van der Waals surface area contributed by atoms with Crippen molar-refractivity contribution in [1.29, 1.82) is 0 Å². The second-order valence-corrected chi connectivity index (χ2v) is 13.5. The van der Waals surface area contributed by atoms with Crippen molar-refractivity contribution in [2.24, 2.45) is 0 Å². The number of thiophene rings is 2. The lowest BCUT2D eigenvalue weighted by Crippen LogP contribution is -2.00. The molecule has 0 unspecified atom stereocenters. The molecule has 0 bridgehead atoms. The Morgan fingerprint density at radius 3 is 2.02 bits per heavy atom. The van der Waals surface area contributed by atoms with Crippen LogP contribution in [0.5, 0.6) is 0 Å². The summed E-state index contributed by atoms with van der Waals surface area (Å²) in [5, 5.41) is 7.44. The van der Waals surface area contributed by atoms with Gasteiger partial charge in [-0.15, -0.1) is 22.7 Å². The SMILES string of the molecule is c1ccc(-c2nc(-c3ccccc3-n3c4ccccc4c4cc5c(cc43)sc3ccccc35)nc3sc4ccccc4c23)cc1. The number of fused-ring (bicyclic) bond motifs is 9. The van der Waals surface area contributed by atoms with Crippen LogP contribution >= 0.6 is 22.7 Å². The summed E-state index contributed by atoms with van der Waals surface area (Å²) in [5.74, 6) is 0.734. The Hall–Kier alpha value is -5.36. The maximum absolute atomic E-state index is 5.36. The summed E-state index contributed by atoms with van der Waals surface area (Å²) in [4.78, 5) is 11.6. The van der Waals surface area contributed by atoms with Gasteiger partial charge in [0.15, 0.2) is 5.82 Å². The molecule has 0 N–H and O–H groups in total. The molecule has 6 aromatic carbocycles. The van der Waals surface area contributed by atoms with E-state index in [0.717, 1.165) is 38.5 Å². The molecule has 45 heavy (non-hydrogen) atoms. The monoisotopic (exact) mass is 609 g/mol. The van der Waals surface area contributed by atoms with Gasteiger partial charge in [-0.3, -0.25) is 0 Å². The molecule has 0 aliphatic carbocycles. The molecule has 0 atom stereocenters. The lowest BCUT2D eigenvalue weighted by atomic mass is 10.1. The predicted molar refractivity (Wildman–Crippen MR) is 193 cm³/mol. The van der Waals surface area contributed by atoms with E-state index < -0.39 is 0 Å². The summed E-state index contributed by atoms with van der Waals surface area (Å²) in [5.41, 5.74) is 6.51. The third kappa shape index (κ3) is 3.69. The third-order valence-electron chi connectivity index (χ3n) is 8.84. The molecule has 0 spiro atoms. The molecule has 5 heteroatoms. The van der Waals surface area contributed by atoms with Crippen LogP contribution in [0.4, 0.5) is 0 Å². The second kappa shape index (κ2) is 9.57. The molecule has 210 valence electrons. The average molecular weight is 610 g/mol. The molecule has 3 nitrogen and oxygen atoms in total. The van der Waals surface area contributed by atoms with Gasteiger partial charge in [0.05, 0.1) is 22.4 Å². The number of hydrogen-bond acceptors (Lipinski definition) is 4. The first-order valence-electron chi connectivity index (χ1n) is 15.0. The maximum Gasteiger partial charge on any atom is 0.163 e. The highest BCUT2D eigenvalue weighted by atomic mass is 32.1. The van der Waals surface area contributed by atoms with Gasteiger partial charge in [0, 0.05) is 57.5 Å². The van der Waals surface area contributed by atoms with Crippen molar-refractivity contribution in [3.8, 4) is 28.3 Å². The molecule has 0 aliphatic heterocycles. The Labute approximate surface area is 266 Å². The molecule has 0 saturated heterocycles. The van der Waals surface area contributed by atoms with E-state index in [1.165, 1.54) is 52.1 Å². The summed E-state index contributed by atoms with van der Waals surface area (Å²) in [6.07, 6.45) is 0. The van der Waals surface area contributed by atoms with E-state index in [2.05, 4.69) is 144 Å². The zero-order valence-electron chi connectivity index (χ0n) is 23.9. The van der Waals surface area contributed by atoms with Crippen molar-refractivity contribution in [3.05, 3.63) is 140 Å². The minimum absolute atomic E-state index is 0.734. The third-order valence-corrected chi connectivity index (χ3v) is 11.0. The highest BCUT2D eigenvalue weighted by Crippen LogP contribution is 2.43. The van der Waals surface area contributed by atoms with Crippen LogP contribution in [0.1, 0.15) is 0 Å². The van der Waals surface area contributed by atoms with Crippen LogP contribution in [-0.2, 0) is 0 Å². The van der Waals surface area contributed by atoms with Gasteiger partial charge in [-0.25, -0.2) is 9.97 Å². The van der Waals surface area contributed by atoms with Crippen molar-refractivity contribution in [2.45, 2.75) is 0 Å². The summed E-state index contributed by atoms with van der Waals surface area (Å²) in [6.45, 7) is 0. The van der Waals surface area contributed by atoms with Crippen LogP contribution in [0.15, 0.2) is 140 Å². The van der Waals surface area contributed by atoms with Crippen molar-refractivity contribution < 1.29 is 0 Å². The van der Waals surface area contributed by atoms with Gasteiger partial charge in [0.2, 0.25) is 0 Å². The number of rotatable bonds is 3. The topological polar surface area (TPSA) is 30.7 Å². The van der Waals surface area contributed by atoms with Crippen LogP contribution in [0.2, 0.25) is 0 Å². The molecular formula is C40H23N3S2. The van der Waals surface area contributed by atoms with Crippen LogP contribution in [0.25, 0.3) is 90.6 Å². The van der Waals surface area contributed by atoms with Crippen LogP contribution in [0, 0.1) is 0 Å². The molecule has 0 amide bonds. The summed E-state index contributed by atoms with van der Waals surface area (Å²) >= 11 is 3.59. The van der Waals surface area contributed by atoms with E-state index in [1.54, 1.807) is 11.3 Å². The number of hydrogen-bond donors (Lipinski definition) is 0. The quantitative estimate of drug-likeness (QED) is 0.199. The second-order valence-electron chi connectivity index (χ2n) is 11.4. The van der Waals surface area contributed by atoms with Crippen molar-refractivity contribution in [2.75, 3.05) is 0 Å². The maximum atomic E-state index is 5.36. The van der Waals surface area contributed by atoms with E-state index >= 15 is 0 Å². The van der Waals surface area contributed by atoms with Gasteiger partial charge < -0.3 is 4.57 Å². The molecule has 0 saturated carbocycles. The fourth-order valence-corrected chi connectivity index (χ4v) is 9.05. The van der Waals surface area contributed by atoms with Crippen molar-refractivity contribution >= 4 is 85.0 Å². The molecular weight excluding hydrogens is 587 g/mol. The molecule has 4 aromatic heterocycles. The number of benzene rings is 6. The van der Waals surface area contributed by atoms with Crippen molar-refractivity contribution in [1.82, 2.24) is 14.5 Å². The smallest absolute Gasteiger partial charge is 0.163 e. The van der Waals surface area contributed by atoms with Gasteiger partial charge in [0.1, 0.15) is 4.83 Å². The van der Waals surface area contributed by atoms with Gasteiger partial charge >= 0.3 is 0 Å². The van der Waals surface area contributed by atoms with Crippen LogP contribution in [0.3, 0.4) is 0 Å². The summed E-state index contributed by atoms with van der Waals surface area (Å²) in [7, 11) is 0. The Morgan fingerprint density at radius 1 is 0.467 bits per heavy atom. The molecule has 0 aliphatic rings. The van der Waals surface area contributed by atoms with E-state index in [1.807, 2.05) is 11.3 Å².